The topological polar surface area (TPSA) is 35.8 Å². The van der Waals surface area contributed by atoms with Crippen molar-refractivity contribution in [2.24, 2.45) is 0 Å². The maximum Gasteiger partial charge on any atom is 0.416 e. The van der Waals surface area contributed by atoms with E-state index in [1.807, 2.05) is 6.07 Å². The van der Waals surface area contributed by atoms with Crippen molar-refractivity contribution in [3.05, 3.63) is 58.6 Å². The van der Waals surface area contributed by atoms with Crippen LogP contribution in [0.5, 0.6) is 0 Å². The van der Waals surface area contributed by atoms with E-state index in [2.05, 4.69) is 5.32 Å². The summed E-state index contributed by atoms with van der Waals surface area (Å²) >= 11 is 5.86. The highest BCUT2D eigenvalue weighted by molar-refractivity contribution is 6.32. The number of nitrogens with zero attached hydrogens (tertiary/aromatic N) is 1. The Morgan fingerprint density at radius 3 is 2.45 bits per heavy atom. The summed E-state index contributed by atoms with van der Waals surface area (Å²) in [5, 5.41) is 12.0. The van der Waals surface area contributed by atoms with E-state index >= 15 is 0 Å². The number of nitrogens with one attached hydrogen (secondary N) is 1. The van der Waals surface area contributed by atoms with Crippen LogP contribution >= 0.6 is 11.6 Å². The number of halogens is 4. The zero-order chi connectivity index (χ0) is 14.8. The molecule has 0 saturated carbocycles. The van der Waals surface area contributed by atoms with Crippen molar-refractivity contribution in [1.29, 1.82) is 5.26 Å². The zero-order valence-electron chi connectivity index (χ0n) is 10.0. The molecule has 0 aliphatic rings. The number of rotatable bonds is 2. The molecule has 0 aromatic heterocycles. The second-order valence-electron chi connectivity index (χ2n) is 3.98. The van der Waals surface area contributed by atoms with Crippen LogP contribution in [-0.4, -0.2) is 0 Å². The highest BCUT2D eigenvalue weighted by Crippen LogP contribution is 2.32. The van der Waals surface area contributed by atoms with Crippen LogP contribution in [0.2, 0.25) is 5.02 Å². The molecule has 2 aromatic rings. The smallest absolute Gasteiger partial charge is 0.354 e. The lowest BCUT2D eigenvalue weighted by atomic mass is 10.1. The van der Waals surface area contributed by atoms with Crippen LogP contribution in [0, 0.1) is 11.3 Å². The quantitative estimate of drug-likeness (QED) is 0.849. The lowest BCUT2D eigenvalue weighted by Crippen LogP contribution is -2.05. The molecule has 0 unspecified atom stereocenters. The van der Waals surface area contributed by atoms with Crippen molar-refractivity contribution in [3.63, 3.8) is 0 Å². The molecular weight excluding hydrogens is 289 g/mol. The predicted molar refractivity (Wildman–Crippen MR) is 70.9 cm³/mol. The van der Waals surface area contributed by atoms with Crippen molar-refractivity contribution in [2.75, 3.05) is 5.32 Å². The third-order valence-electron chi connectivity index (χ3n) is 2.59. The average molecular weight is 297 g/mol. The summed E-state index contributed by atoms with van der Waals surface area (Å²) in [5.74, 6) is 0. The molecule has 0 heterocycles. The second kappa shape index (κ2) is 5.43. The predicted octanol–water partition coefficient (Wildman–Crippen LogP) is 4.97. The van der Waals surface area contributed by atoms with Crippen LogP contribution in [0.25, 0.3) is 0 Å². The number of alkyl halides is 3. The van der Waals surface area contributed by atoms with Crippen LogP contribution in [-0.2, 0) is 6.18 Å². The summed E-state index contributed by atoms with van der Waals surface area (Å²) in [6.07, 6.45) is -4.41. The molecule has 0 aliphatic heterocycles. The molecule has 102 valence electrons. The minimum atomic E-state index is -4.41. The maximum atomic E-state index is 12.6. The molecular formula is C14H8ClF3N2. The number of nitriles is 1. The van der Waals surface area contributed by atoms with Crippen molar-refractivity contribution < 1.29 is 13.2 Å². The first-order valence-corrected chi connectivity index (χ1v) is 5.92. The van der Waals surface area contributed by atoms with E-state index in [-0.39, 0.29) is 16.3 Å². The van der Waals surface area contributed by atoms with E-state index in [0.717, 1.165) is 12.1 Å². The van der Waals surface area contributed by atoms with E-state index in [4.69, 9.17) is 16.9 Å². The van der Waals surface area contributed by atoms with Gasteiger partial charge in [0.2, 0.25) is 0 Å². The van der Waals surface area contributed by atoms with Crippen LogP contribution in [0.1, 0.15) is 11.1 Å². The van der Waals surface area contributed by atoms with Crippen LogP contribution in [0.15, 0.2) is 42.5 Å². The first kappa shape index (κ1) is 14.2. The first-order valence-electron chi connectivity index (χ1n) is 5.54. The zero-order valence-corrected chi connectivity index (χ0v) is 10.8. The maximum absolute atomic E-state index is 12.6. The summed E-state index contributed by atoms with van der Waals surface area (Å²) in [4.78, 5) is 0. The van der Waals surface area contributed by atoms with Crippen molar-refractivity contribution in [3.8, 4) is 6.07 Å². The molecule has 2 rings (SSSR count). The SMILES string of the molecule is N#Cc1c(Cl)cccc1Nc1cccc(C(F)(F)F)c1. The fraction of sp³-hybridized carbons (Fsp3) is 0.0714. The van der Waals surface area contributed by atoms with Crippen molar-refractivity contribution >= 4 is 23.0 Å². The van der Waals surface area contributed by atoms with Gasteiger partial charge in [-0.25, -0.2) is 0 Å². The molecule has 0 aliphatic carbocycles. The summed E-state index contributed by atoms with van der Waals surface area (Å²) in [6, 6.07) is 11.4. The minimum Gasteiger partial charge on any atom is -0.354 e. The molecule has 0 spiro atoms. The molecule has 0 atom stereocenters. The Labute approximate surface area is 118 Å². The lowest BCUT2D eigenvalue weighted by molar-refractivity contribution is -0.137. The number of anilines is 2. The third kappa shape index (κ3) is 3.03. The van der Waals surface area contributed by atoms with Gasteiger partial charge in [-0.3, -0.25) is 0 Å². The van der Waals surface area contributed by atoms with Gasteiger partial charge in [0.05, 0.1) is 21.8 Å². The Morgan fingerprint density at radius 1 is 1.10 bits per heavy atom. The average Bonchev–Trinajstić information content (AvgIpc) is 2.38. The van der Waals surface area contributed by atoms with E-state index in [1.165, 1.54) is 18.2 Å². The molecule has 0 radical (unpaired) electrons. The standard InChI is InChI=1S/C14H8ClF3N2/c15-12-5-2-6-13(11(12)8-19)20-10-4-1-3-9(7-10)14(16,17)18/h1-7,20H. The molecule has 2 nitrogen and oxygen atoms in total. The summed E-state index contributed by atoms with van der Waals surface area (Å²) in [5.41, 5.74) is 0.0209. The van der Waals surface area contributed by atoms with E-state index < -0.39 is 11.7 Å². The van der Waals surface area contributed by atoms with Crippen LogP contribution in [0.4, 0.5) is 24.5 Å². The first-order chi connectivity index (χ1) is 9.41. The van der Waals surface area contributed by atoms with E-state index in [1.54, 1.807) is 12.1 Å². The van der Waals surface area contributed by atoms with Crippen LogP contribution in [0.3, 0.4) is 0 Å². The van der Waals surface area contributed by atoms with Gasteiger partial charge < -0.3 is 5.32 Å². The monoisotopic (exact) mass is 296 g/mol. The van der Waals surface area contributed by atoms with Gasteiger partial charge in [0.25, 0.3) is 0 Å². The van der Waals surface area contributed by atoms with Gasteiger partial charge >= 0.3 is 6.18 Å². The van der Waals surface area contributed by atoms with Gasteiger partial charge in [-0.05, 0) is 30.3 Å². The molecule has 1 N–H and O–H groups in total. The highest BCUT2D eigenvalue weighted by atomic mass is 35.5. The molecule has 0 amide bonds. The van der Waals surface area contributed by atoms with E-state index in [0.29, 0.717) is 5.69 Å². The largest absolute Gasteiger partial charge is 0.416 e. The lowest BCUT2D eigenvalue weighted by Gasteiger charge is -2.12. The van der Waals surface area contributed by atoms with Gasteiger partial charge in [0.15, 0.2) is 0 Å². The Kier molecular flexibility index (Phi) is 3.86. The third-order valence-corrected chi connectivity index (χ3v) is 2.91. The van der Waals surface area contributed by atoms with Gasteiger partial charge in [0.1, 0.15) is 6.07 Å². The minimum absolute atomic E-state index is 0.187. The van der Waals surface area contributed by atoms with Crippen LogP contribution < -0.4 is 5.32 Å². The second-order valence-corrected chi connectivity index (χ2v) is 4.38. The fourth-order valence-electron chi connectivity index (χ4n) is 1.67. The van der Waals surface area contributed by atoms with Gasteiger partial charge in [-0.1, -0.05) is 23.7 Å². The van der Waals surface area contributed by atoms with Gasteiger partial charge in [-0.2, -0.15) is 18.4 Å². The molecule has 6 heteroatoms. The molecule has 0 saturated heterocycles. The Hall–Kier alpha value is -2.19. The highest BCUT2D eigenvalue weighted by Gasteiger charge is 2.30. The fourth-order valence-corrected chi connectivity index (χ4v) is 1.89. The summed E-state index contributed by atoms with van der Waals surface area (Å²) in [6.45, 7) is 0. The Bertz CT molecular complexity index is 675. The molecule has 0 fully saturated rings. The van der Waals surface area contributed by atoms with E-state index in [9.17, 15) is 13.2 Å². The number of hydrogen-bond donors (Lipinski definition) is 1. The van der Waals surface area contributed by atoms with Gasteiger partial charge in [-0.15, -0.1) is 0 Å². The number of benzene rings is 2. The van der Waals surface area contributed by atoms with Crippen molar-refractivity contribution in [2.45, 2.75) is 6.18 Å². The normalized spacial score (nSPS) is 10.9. The number of hydrogen-bond acceptors (Lipinski definition) is 2. The summed E-state index contributed by atoms with van der Waals surface area (Å²) in [7, 11) is 0. The molecule has 0 bridgehead atoms. The van der Waals surface area contributed by atoms with Gasteiger partial charge in [0, 0.05) is 5.69 Å². The Morgan fingerprint density at radius 2 is 1.80 bits per heavy atom. The Balaban J connectivity index is 2.37. The molecule has 20 heavy (non-hydrogen) atoms. The van der Waals surface area contributed by atoms with Crippen molar-refractivity contribution in [1.82, 2.24) is 0 Å². The molecule has 2 aromatic carbocycles. The summed E-state index contributed by atoms with van der Waals surface area (Å²) < 4.78 is 37.8.